The molecule has 0 fully saturated rings. The number of aromatic amines is 1. The fraction of sp³-hybridized carbons (Fsp3) is 0.100. The van der Waals surface area contributed by atoms with Gasteiger partial charge in [-0.05, 0) is 6.07 Å². The topological polar surface area (TPSA) is 71.8 Å². The smallest absolute Gasteiger partial charge is 0.296 e. The van der Waals surface area contributed by atoms with Gasteiger partial charge in [0, 0.05) is 11.8 Å². The fourth-order valence-corrected chi connectivity index (χ4v) is 1.48. The van der Waals surface area contributed by atoms with Crippen LogP contribution in [0.2, 0.25) is 0 Å². The molecule has 0 aromatic carbocycles. The zero-order valence-electron chi connectivity index (χ0n) is 8.03. The predicted molar refractivity (Wildman–Crippen MR) is 63.4 cm³/mol. The second-order valence-corrected chi connectivity index (χ2v) is 3.55. The van der Waals surface area contributed by atoms with Crippen LogP contribution in [0, 0.1) is 22.0 Å². The molecule has 2 rings (SSSR count). The molecule has 0 unspecified atom stereocenters. The fourth-order valence-electron chi connectivity index (χ4n) is 1.34. The molecule has 16 heavy (non-hydrogen) atoms. The Hall–Kier alpha value is -1.87. The van der Waals surface area contributed by atoms with Gasteiger partial charge in [0.05, 0.1) is 21.8 Å². The molecule has 2 heterocycles. The standard InChI is InChI=1S/C10H6BrN3O2/c11-3-1-2-7-4-8-9(14(15)16)6-13-10(8)12-5-7/h4-6H,3H2,(H,12,13). The SMILES string of the molecule is O=[N+]([O-])c1c[nH]c2ncc(C#CCBr)cc12. The first-order chi connectivity index (χ1) is 7.72. The first-order valence-electron chi connectivity index (χ1n) is 4.38. The Kier molecular flexibility index (Phi) is 2.88. The Morgan fingerprint density at radius 2 is 2.44 bits per heavy atom. The van der Waals surface area contributed by atoms with Crippen molar-refractivity contribution in [1.29, 1.82) is 0 Å². The lowest BCUT2D eigenvalue weighted by Crippen LogP contribution is -1.86. The normalized spacial score (nSPS) is 9.81. The minimum absolute atomic E-state index is 0.0185. The molecule has 80 valence electrons. The molecule has 1 N–H and O–H groups in total. The number of alkyl halides is 1. The lowest BCUT2D eigenvalue weighted by molar-refractivity contribution is -0.383. The summed E-state index contributed by atoms with van der Waals surface area (Å²) < 4.78 is 0. The highest BCUT2D eigenvalue weighted by Crippen LogP contribution is 2.23. The van der Waals surface area contributed by atoms with Crippen molar-refractivity contribution in [3.05, 3.63) is 34.1 Å². The highest BCUT2D eigenvalue weighted by Gasteiger charge is 2.14. The summed E-state index contributed by atoms with van der Waals surface area (Å²) in [6.07, 6.45) is 2.91. The minimum Gasteiger partial charge on any atom is -0.340 e. The zero-order valence-corrected chi connectivity index (χ0v) is 9.61. The zero-order chi connectivity index (χ0) is 11.5. The van der Waals surface area contributed by atoms with Crippen LogP contribution < -0.4 is 0 Å². The van der Waals surface area contributed by atoms with E-state index in [1.807, 2.05) is 0 Å². The molecule has 0 aliphatic carbocycles. The van der Waals surface area contributed by atoms with Gasteiger partial charge in [-0.3, -0.25) is 10.1 Å². The number of H-pyrrole nitrogens is 1. The van der Waals surface area contributed by atoms with Crippen molar-refractivity contribution < 1.29 is 4.92 Å². The summed E-state index contributed by atoms with van der Waals surface area (Å²) in [6, 6.07) is 1.66. The third-order valence-electron chi connectivity index (χ3n) is 2.01. The van der Waals surface area contributed by atoms with Gasteiger partial charge in [-0.15, -0.1) is 0 Å². The van der Waals surface area contributed by atoms with E-state index in [4.69, 9.17) is 0 Å². The van der Waals surface area contributed by atoms with E-state index < -0.39 is 4.92 Å². The van der Waals surface area contributed by atoms with Crippen LogP contribution in [0.5, 0.6) is 0 Å². The van der Waals surface area contributed by atoms with Crippen LogP contribution in [0.3, 0.4) is 0 Å². The molecule has 0 aliphatic rings. The summed E-state index contributed by atoms with van der Waals surface area (Å²) >= 11 is 3.18. The number of nitrogens with one attached hydrogen (secondary N) is 1. The van der Waals surface area contributed by atoms with Gasteiger partial charge in [-0.2, -0.15) is 0 Å². The van der Waals surface area contributed by atoms with Gasteiger partial charge in [0.1, 0.15) is 5.65 Å². The molecule has 0 saturated carbocycles. The Labute approximate surface area is 99.2 Å². The quantitative estimate of drug-likeness (QED) is 0.377. The lowest BCUT2D eigenvalue weighted by atomic mass is 10.2. The number of nitrogens with zero attached hydrogens (tertiary/aromatic N) is 2. The van der Waals surface area contributed by atoms with E-state index in [-0.39, 0.29) is 5.69 Å². The van der Waals surface area contributed by atoms with Gasteiger partial charge >= 0.3 is 0 Å². The van der Waals surface area contributed by atoms with E-state index >= 15 is 0 Å². The summed E-state index contributed by atoms with van der Waals surface area (Å²) in [6.45, 7) is 0. The molecule has 0 aliphatic heterocycles. The molecule has 0 spiro atoms. The molecule has 2 aromatic rings. The number of hydrogen-bond acceptors (Lipinski definition) is 3. The number of nitro groups is 1. The molecule has 5 nitrogen and oxygen atoms in total. The van der Waals surface area contributed by atoms with E-state index in [9.17, 15) is 10.1 Å². The van der Waals surface area contributed by atoms with Gasteiger partial charge in [0.2, 0.25) is 0 Å². The van der Waals surface area contributed by atoms with Crippen LogP contribution in [0.1, 0.15) is 5.56 Å². The van der Waals surface area contributed by atoms with E-state index in [2.05, 4.69) is 37.7 Å². The molecule has 0 radical (unpaired) electrons. The number of halogens is 1. The molecular weight excluding hydrogens is 274 g/mol. The van der Waals surface area contributed by atoms with E-state index in [0.717, 1.165) is 0 Å². The van der Waals surface area contributed by atoms with Crippen molar-refractivity contribution >= 4 is 32.7 Å². The van der Waals surface area contributed by atoms with Crippen molar-refractivity contribution in [3.63, 3.8) is 0 Å². The second-order valence-electron chi connectivity index (χ2n) is 2.99. The molecule has 0 amide bonds. The van der Waals surface area contributed by atoms with Crippen LogP contribution in [0.4, 0.5) is 5.69 Å². The van der Waals surface area contributed by atoms with Crippen molar-refractivity contribution in [2.24, 2.45) is 0 Å². The summed E-state index contributed by atoms with van der Waals surface area (Å²) in [5, 5.41) is 11.7. The molecule has 0 saturated heterocycles. The van der Waals surface area contributed by atoms with Gasteiger partial charge in [-0.1, -0.05) is 27.8 Å². The average Bonchev–Trinajstić information content (AvgIpc) is 2.69. The summed E-state index contributed by atoms with van der Waals surface area (Å²) in [5.41, 5.74) is 1.18. The first-order valence-corrected chi connectivity index (χ1v) is 5.51. The van der Waals surface area contributed by atoms with Crippen molar-refractivity contribution in [1.82, 2.24) is 9.97 Å². The van der Waals surface area contributed by atoms with Gasteiger partial charge in [0.15, 0.2) is 0 Å². The molecular formula is C10H6BrN3O2. The van der Waals surface area contributed by atoms with Crippen molar-refractivity contribution in [3.8, 4) is 11.8 Å². The van der Waals surface area contributed by atoms with E-state index in [0.29, 0.717) is 21.9 Å². The highest BCUT2D eigenvalue weighted by molar-refractivity contribution is 9.09. The van der Waals surface area contributed by atoms with Crippen LogP contribution in [-0.2, 0) is 0 Å². The van der Waals surface area contributed by atoms with Gasteiger partial charge in [0.25, 0.3) is 5.69 Å². The van der Waals surface area contributed by atoms with Crippen LogP contribution in [0.25, 0.3) is 11.0 Å². The maximum absolute atomic E-state index is 10.7. The second kappa shape index (κ2) is 4.33. The van der Waals surface area contributed by atoms with Crippen LogP contribution in [-0.4, -0.2) is 20.2 Å². The molecule has 0 atom stereocenters. The number of aromatic nitrogens is 2. The molecule has 0 bridgehead atoms. The maximum atomic E-state index is 10.7. The maximum Gasteiger partial charge on any atom is 0.296 e. The van der Waals surface area contributed by atoms with E-state index in [1.54, 1.807) is 12.3 Å². The van der Waals surface area contributed by atoms with E-state index in [1.165, 1.54) is 6.20 Å². The van der Waals surface area contributed by atoms with Crippen molar-refractivity contribution in [2.75, 3.05) is 5.33 Å². The van der Waals surface area contributed by atoms with Gasteiger partial charge in [-0.25, -0.2) is 4.98 Å². The number of hydrogen-bond donors (Lipinski definition) is 1. The number of fused-ring (bicyclic) bond motifs is 1. The third kappa shape index (κ3) is 1.90. The minimum atomic E-state index is -0.442. The predicted octanol–water partition coefficient (Wildman–Crippen LogP) is 2.22. The molecule has 2 aromatic heterocycles. The third-order valence-corrected chi connectivity index (χ3v) is 2.29. The first kappa shape index (κ1) is 10.6. The average molecular weight is 280 g/mol. The largest absolute Gasteiger partial charge is 0.340 e. The Morgan fingerprint density at radius 3 is 3.12 bits per heavy atom. The highest BCUT2D eigenvalue weighted by atomic mass is 79.9. The Bertz CT molecular complexity index is 609. The summed E-state index contributed by atoms with van der Waals surface area (Å²) in [7, 11) is 0. The van der Waals surface area contributed by atoms with Crippen LogP contribution >= 0.6 is 15.9 Å². The summed E-state index contributed by atoms with van der Waals surface area (Å²) in [4.78, 5) is 17.1. The van der Waals surface area contributed by atoms with Gasteiger partial charge < -0.3 is 4.98 Å². The summed E-state index contributed by atoms with van der Waals surface area (Å²) in [5.74, 6) is 5.66. The van der Waals surface area contributed by atoms with Crippen molar-refractivity contribution in [2.45, 2.75) is 0 Å². The number of pyridine rings is 1. The monoisotopic (exact) mass is 279 g/mol. The molecule has 6 heteroatoms. The Morgan fingerprint density at radius 1 is 1.62 bits per heavy atom. The van der Waals surface area contributed by atoms with Crippen LogP contribution in [0.15, 0.2) is 18.5 Å². The Balaban J connectivity index is 2.58. The lowest BCUT2D eigenvalue weighted by Gasteiger charge is -1.91. The number of rotatable bonds is 1.